The monoisotopic (exact) mass is 390 g/mol. The van der Waals surface area contributed by atoms with Gasteiger partial charge in [0.1, 0.15) is 6.04 Å². The van der Waals surface area contributed by atoms with Crippen molar-refractivity contribution in [2.24, 2.45) is 0 Å². The van der Waals surface area contributed by atoms with Crippen LogP contribution in [-0.4, -0.2) is 50.9 Å². The lowest BCUT2D eigenvalue weighted by molar-refractivity contribution is -0.310. The SMILES string of the molecule is CSCC[C@@H](C(=O)N1CCC[C@@H]1C(=O)[O-])n1c(=O)[nH]c2ccccc2c1=O. The van der Waals surface area contributed by atoms with Gasteiger partial charge in [-0.05, 0) is 43.4 Å². The summed E-state index contributed by atoms with van der Waals surface area (Å²) in [6.07, 6.45) is 2.96. The molecular weight excluding hydrogens is 370 g/mol. The number of nitrogens with zero attached hydrogens (tertiary/aromatic N) is 2. The van der Waals surface area contributed by atoms with Crippen LogP contribution >= 0.6 is 11.8 Å². The number of thioether (sulfide) groups is 1. The van der Waals surface area contributed by atoms with Gasteiger partial charge >= 0.3 is 5.69 Å². The minimum absolute atomic E-state index is 0.248. The maximum atomic E-state index is 13.1. The van der Waals surface area contributed by atoms with E-state index in [2.05, 4.69) is 4.98 Å². The van der Waals surface area contributed by atoms with Crippen molar-refractivity contribution in [2.45, 2.75) is 31.3 Å². The van der Waals surface area contributed by atoms with E-state index in [1.165, 1.54) is 16.7 Å². The van der Waals surface area contributed by atoms with Gasteiger partial charge in [0.15, 0.2) is 0 Å². The summed E-state index contributed by atoms with van der Waals surface area (Å²) in [7, 11) is 0. The van der Waals surface area contributed by atoms with Crippen LogP contribution in [0.5, 0.6) is 0 Å². The number of rotatable bonds is 6. The molecule has 1 fully saturated rings. The smallest absolute Gasteiger partial charge is 0.329 e. The highest BCUT2D eigenvalue weighted by Crippen LogP contribution is 2.23. The van der Waals surface area contributed by atoms with Crippen molar-refractivity contribution in [3.63, 3.8) is 0 Å². The van der Waals surface area contributed by atoms with E-state index in [9.17, 15) is 24.3 Å². The van der Waals surface area contributed by atoms with Gasteiger partial charge < -0.3 is 19.8 Å². The molecule has 1 aliphatic rings. The van der Waals surface area contributed by atoms with Gasteiger partial charge in [-0.25, -0.2) is 9.36 Å². The predicted octanol–water partition coefficient (Wildman–Crippen LogP) is -0.275. The molecule has 1 amide bonds. The van der Waals surface area contributed by atoms with Crippen LogP contribution in [-0.2, 0) is 9.59 Å². The van der Waals surface area contributed by atoms with Crippen LogP contribution in [0.2, 0.25) is 0 Å². The molecule has 2 heterocycles. The fourth-order valence-electron chi connectivity index (χ4n) is 3.52. The normalized spacial score (nSPS) is 18.0. The van der Waals surface area contributed by atoms with Crippen molar-refractivity contribution >= 4 is 34.5 Å². The van der Waals surface area contributed by atoms with E-state index in [0.717, 1.165) is 4.57 Å². The van der Waals surface area contributed by atoms with Crippen molar-refractivity contribution in [1.82, 2.24) is 14.5 Å². The lowest BCUT2D eigenvalue weighted by atomic mass is 10.1. The number of carboxylic acid groups (broad SMARTS) is 1. The van der Waals surface area contributed by atoms with Gasteiger partial charge in [-0.3, -0.25) is 9.59 Å². The van der Waals surface area contributed by atoms with Crippen LogP contribution in [0.25, 0.3) is 10.9 Å². The van der Waals surface area contributed by atoms with Gasteiger partial charge in [0.25, 0.3) is 5.56 Å². The number of carbonyl (C=O) groups is 2. The molecule has 9 heteroatoms. The summed E-state index contributed by atoms with van der Waals surface area (Å²) in [5, 5.41) is 11.7. The number of hydrogen-bond acceptors (Lipinski definition) is 6. The van der Waals surface area contributed by atoms with Crippen LogP contribution in [0.15, 0.2) is 33.9 Å². The maximum Gasteiger partial charge on any atom is 0.329 e. The molecule has 0 unspecified atom stereocenters. The summed E-state index contributed by atoms with van der Waals surface area (Å²) in [5.74, 6) is -1.30. The predicted molar refractivity (Wildman–Crippen MR) is 101 cm³/mol. The molecule has 2 aromatic rings. The zero-order valence-electron chi connectivity index (χ0n) is 14.8. The highest BCUT2D eigenvalue weighted by molar-refractivity contribution is 7.98. The standard InChI is InChI=1S/C18H21N3O5S/c1-27-10-8-13(16(23)20-9-4-7-14(20)17(24)25)21-15(22)11-5-2-3-6-12(11)19-18(21)26/h2-3,5-6,13-14H,4,7-10H2,1H3,(H,19,26)(H,24,25)/p-1/t13-,14+/m0/s1. The fraction of sp³-hybridized carbons (Fsp3) is 0.444. The van der Waals surface area contributed by atoms with E-state index in [1.54, 1.807) is 24.3 Å². The minimum Gasteiger partial charge on any atom is -0.548 e. The van der Waals surface area contributed by atoms with Crippen molar-refractivity contribution in [2.75, 3.05) is 18.6 Å². The van der Waals surface area contributed by atoms with Gasteiger partial charge in [0, 0.05) is 6.54 Å². The van der Waals surface area contributed by atoms with Crippen LogP contribution < -0.4 is 16.4 Å². The fourth-order valence-corrected chi connectivity index (χ4v) is 3.98. The van der Waals surface area contributed by atoms with Gasteiger partial charge in [-0.2, -0.15) is 11.8 Å². The molecule has 1 N–H and O–H groups in total. The second-order valence-electron chi connectivity index (χ2n) is 6.46. The summed E-state index contributed by atoms with van der Waals surface area (Å²) >= 11 is 1.48. The summed E-state index contributed by atoms with van der Waals surface area (Å²) in [4.78, 5) is 53.9. The second-order valence-corrected chi connectivity index (χ2v) is 7.44. The molecule has 27 heavy (non-hydrogen) atoms. The quantitative estimate of drug-likeness (QED) is 0.726. The number of aromatic nitrogens is 2. The Bertz CT molecular complexity index is 983. The molecule has 1 aliphatic heterocycles. The minimum atomic E-state index is -1.32. The van der Waals surface area contributed by atoms with E-state index in [1.807, 2.05) is 6.26 Å². The third kappa shape index (κ3) is 3.64. The first kappa shape index (κ1) is 19.2. The Balaban J connectivity index is 2.09. The Hall–Kier alpha value is -2.55. The number of hydrogen-bond donors (Lipinski definition) is 1. The van der Waals surface area contributed by atoms with E-state index < -0.39 is 35.2 Å². The molecule has 1 aromatic carbocycles. The summed E-state index contributed by atoms with van der Waals surface area (Å²) < 4.78 is 0.922. The average molecular weight is 390 g/mol. The van der Waals surface area contributed by atoms with E-state index in [0.29, 0.717) is 29.5 Å². The van der Waals surface area contributed by atoms with Crippen molar-refractivity contribution in [1.29, 1.82) is 0 Å². The first-order valence-electron chi connectivity index (χ1n) is 8.69. The zero-order valence-corrected chi connectivity index (χ0v) is 15.7. The van der Waals surface area contributed by atoms with Gasteiger partial charge in [-0.1, -0.05) is 12.1 Å². The molecule has 3 rings (SSSR count). The molecule has 8 nitrogen and oxygen atoms in total. The Kier molecular flexibility index (Phi) is 5.69. The van der Waals surface area contributed by atoms with Crippen LogP contribution in [0.4, 0.5) is 0 Å². The van der Waals surface area contributed by atoms with E-state index >= 15 is 0 Å². The Labute approximate surface area is 159 Å². The summed E-state index contributed by atoms with van der Waals surface area (Å²) in [5.41, 5.74) is -0.839. The van der Waals surface area contributed by atoms with Crippen molar-refractivity contribution in [3.05, 3.63) is 45.1 Å². The van der Waals surface area contributed by atoms with Crippen LogP contribution in [0.1, 0.15) is 25.3 Å². The second kappa shape index (κ2) is 7.99. The first-order valence-corrected chi connectivity index (χ1v) is 10.1. The molecule has 0 saturated carbocycles. The Morgan fingerprint density at radius 2 is 2.07 bits per heavy atom. The number of amides is 1. The first-order chi connectivity index (χ1) is 13.0. The third-order valence-electron chi connectivity index (χ3n) is 4.84. The molecule has 0 bridgehead atoms. The number of carbonyl (C=O) groups excluding carboxylic acids is 2. The highest BCUT2D eigenvalue weighted by atomic mass is 32.2. The number of H-pyrrole nitrogens is 1. The lowest BCUT2D eigenvalue weighted by Crippen LogP contribution is -2.51. The molecule has 2 atom stereocenters. The number of para-hydroxylation sites is 1. The number of aliphatic carboxylic acids is 1. The Morgan fingerprint density at radius 1 is 1.33 bits per heavy atom. The van der Waals surface area contributed by atoms with Crippen molar-refractivity contribution in [3.8, 4) is 0 Å². The number of benzene rings is 1. The van der Waals surface area contributed by atoms with Gasteiger partial charge in [-0.15, -0.1) is 0 Å². The lowest BCUT2D eigenvalue weighted by Gasteiger charge is -2.29. The largest absolute Gasteiger partial charge is 0.548 e. The zero-order chi connectivity index (χ0) is 19.6. The van der Waals surface area contributed by atoms with Gasteiger partial charge in [0.05, 0.1) is 22.9 Å². The number of carboxylic acids is 1. The number of aromatic amines is 1. The summed E-state index contributed by atoms with van der Waals surface area (Å²) in [6.45, 7) is 0.271. The number of fused-ring (bicyclic) bond motifs is 1. The van der Waals surface area contributed by atoms with E-state index in [4.69, 9.17) is 0 Å². The van der Waals surface area contributed by atoms with Crippen LogP contribution in [0.3, 0.4) is 0 Å². The Morgan fingerprint density at radius 3 is 2.78 bits per heavy atom. The molecule has 0 aliphatic carbocycles. The maximum absolute atomic E-state index is 13.1. The third-order valence-corrected chi connectivity index (χ3v) is 5.48. The molecule has 0 spiro atoms. The molecular formula is C18H20N3O5S-. The number of nitrogens with one attached hydrogen (secondary N) is 1. The molecule has 144 valence electrons. The number of likely N-dealkylation sites (tertiary alicyclic amines) is 1. The summed E-state index contributed by atoms with van der Waals surface area (Å²) in [6, 6.07) is 4.50. The van der Waals surface area contributed by atoms with Crippen molar-refractivity contribution < 1.29 is 14.7 Å². The molecule has 1 aromatic heterocycles. The van der Waals surface area contributed by atoms with Gasteiger partial charge in [0.2, 0.25) is 5.91 Å². The average Bonchev–Trinajstić information content (AvgIpc) is 3.14. The highest BCUT2D eigenvalue weighted by Gasteiger charge is 2.35. The molecule has 0 radical (unpaired) electrons. The topological polar surface area (TPSA) is 115 Å². The van der Waals surface area contributed by atoms with Crippen LogP contribution in [0, 0.1) is 0 Å². The molecule has 1 saturated heterocycles. The van der Waals surface area contributed by atoms with E-state index in [-0.39, 0.29) is 13.0 Å².